The highest BCUT2D eigenvalue weighted by atomic mass is 16.7. The Morgan fingerprint density at radius 2 is 2.15 bits per heavy atom. The molecule has 20 heavy (non-hydrogen) atoms. The van der Waals surface area contributed by atoms with Gasteiger partial charge in [0.25, 0.3) is 0 Å². The van der Waals surface area contributed by atoms with Gasteiger partial charge >= 0.3 is 6.16 Å². The second-order valence-corrected chi connectivity index (χ2v) is 5.63. The van der Waals surface area contributed by atoms with Gasteiger partial charge in [0.15, 0.2) is 0 Å². The average Bonchev–Trinajstić information content (AvgIpc) is 2.46. The van der Waals surface area contributed by atoms with E-state index in [0.717, 1.165) is 24.3 Å². The minimum Gasteiger partial charge on any atom is -0.449 e. The van der Waals surface area contributed by atoms with Gasteiger partial charge < -0.3 is 9.84 Å². The first-order valence-corrected chi connectivity index (χ1v) is 7.56. The van der Waals surface area contributed by atoms with Crippen molar-refractivity contribution < 1.29 is 14.6 Å². The predicted octanol–water partition coefficient (Wildman–Crippen LogP) is 4.60. The summed E-state index contributed by atoms with van der Waals surface area (Å²) in [4.78, 5) is 14.8. The van der Waals surface area contributed by atoms with Crippen LogP contribution in [0.2, 0.25) is 0 Å². The highest BCUT2D eigenvalue weighted by Gasteiger charge is 2.25. The Balaban J connectivity index is 1.98. The fourth-order valence-electron chi connectivity index (χ4n) is 3.14. The third-order valence-corrected chi connectivity index (χ3v) is 4.24. The van der Waals surface area contributed by atoms with Gasteiger partial charge in [-0.1, -0.05) is 32.3 Å². The molecule has 0 amide bonds. The molecule has 1 heterocycles. The van der Waals surface area contributed by atoms with E-state index >= 15 is 0 Å². The fourth-order valence-corrected chi connectivity index (χ4v) is 3.14. The Morgan fingerprint density at radius 3 is 2.80 bits per heavy atom. The monoisotopic (exact) mass is 277 g/mol. The lowest BCUT2D eigenvalue weighted by atomic mass is 9.77. The fraction of sp³-hybridized carbons (Fsp3) is 0.625. The van der Waals surface area contributed by atoms with E-state index < -0.39 is 6.16 Å². The van der Waals surface area contributed by atoms with Crippen LogP contribution < -0.4 is 4.74 Å². The summed E-state index contributed by atoms with van der Waals surface area (Å²) in [6.45, 7) is 2.23. The first kappa shape index (κ1) is 14.8. The molecule has 0 spiro atoms. The van der Waals surface area contributed by atoms with Gasteiger partial charge in [0.2, 0.25) is 5.88 Å². The lowest BCUT2D eigenvalue weighted by Gasteiger charge is -2.29. The minimum absolute atomic E-state index is 0.261. The van der Waals surface area contributed by atoms with E-state index in [1.807, 2.05) is 12.1 Å². The number of carboxylic acid groups (broad SMARTS) is 1. The van der Waals surface area contributed by atoms with Gasteiger partial charge in [-0.3, -0.25) is 0 Å². The second kappa shape index (κ2) is 7.27. The molecule has 0 radical (unpaired) electrons. The quantitative estimate of drug-likeness (QED) is 0.799. The molecule has 110 valence electrons. The number of nitrogens with zero attached hydrogens (tertiary/aromatic N) is 1. The Bertz CT molecular complexity index is 439. The van der Waals surface area contributed by atoms with Gasteiger partial charge in [-0.25, -0.2) is 9.78 Å². The van der Waals surface area contributed by atoms with Crippen molar-refractivity contribution in [2.75, 3.05) is 0 Å². The molecule has 1 N–H and O–H groups in total. The van der Waals surface area contributed by atoms with Gasteiger partial charge in [0, 0.05) is 11.8 Å². The number of carbonyl (C=O) groups is 1. The van der Waals surface area contributed by atoms with Crippen molar-refractivity contribution in [3.05, 3.63) is 23.9 Å². The molecule has 1 aromatic rings. The lowest BCUT2D eigenvalue weighted by Crippen LogP contribution is -2.15. The highest BCUT2D eigenvalue weighted by molar-refractivity contribution is 5.61. The summed E-state index contributed by atoms with van der Waals surface area (Å²) in [6, 6.07) is 3.80. The SMILES string of the molecule is CCCC[C@H]1CC[C@H](c2cccnc2OC(=O)O)CC1. The second-order valence-electron chi connectivity index (χ2n) is 5.63. The van der Waals surface area contributed by atoms with Crippen molar-refractivity contribution in [1.82, 2.24) is 4.98 Å². The number of ether oxygens (including phenoxy) is 1. The van der Waals surface area contributed by atoms with Crippen molar-refractivity contribution in [3.8, 4) is 5.88 Å². The van der Waals surface area contributed by atoms with E-state index in [0.29, 0.717) is 5.92 Å². The summed E-state index contributed by atoms with van der Waals surface area (Å²) in [5, 5.41) is 8.77. The normalized spacial score (nSPS) is 22.4. The first-order chi connectivity index (χ1) is 9.70. The Hall–Kier alpha value is -1.58. The molecule has 1 saturated carbocycles. The van der Waals surface area contributed by atoms with Crippen LogP contribution in [-0.2, 0) is 0 Å². The third kappa shape index (κ3) is 3.95. The summed E-state index contributed by atoms with van der Waals surface area (Å²) in [7, 11) is 0. The van der Waals surface area contributed by atoms with E-state index in [-0.39, 0.29) is 5.88 Å². The van der Waals surface area contributed by atoms with Crippen molar-refractivity contribution in [2.24, 2.45) is 5.92 Å². The van der Waals surface area contributed by atoms with Gasteiger partial charge in [-0.2, -0.15) is 0 Å². The highest BCUT2D eigenvalue weighted by Crippen LogP contribution is 2.40. The molecule has 0 aromatic carbocycles. The zero-order chi connectivity index (χ0) is 14.4. The maximum atomic E-state index is 10.7. The number of hydrogen-bond donors (Lipinski definition) is 1. The van der Waals surface area contributed by atoms with Crippen LogP contribution in [0.25, 0.3) is 0 Å². The summed E-state index contributed by atoms with van der Waals surface area (Å²) in [5.74, 6) is 1.49. The largest absolute Gasteiger partial charge is 0.512 e. The van der Waals surface area contributed by atoms with E-state index in [2.05, 4.69) is 11.9 Å². The van der Waals surface area contributed by atoms with Crippen LogP contribution in [0.1, 0.15) is 63.4 Å². The summed E-state index contributed by atoms with van der Waals surface area (Å²) >= 11 is 0. The Morgan fingerprint density at radius 1 is 1.40 bits per heavy atom. The summed E-state index contributed by atoms with van der Waals surface area (Å²) < 4.78 is 4.80. The molecule has 0 saturated heterocycles. The predicted molar refractivity (Wildman–Crippen MR) is 77.1 cm³/mol. The van der Waals surface area contributed by atoms with Gasteiger partial charge in [0.1, 0.15) is 0 Å². The number of hydrogen-bond acceptors (Lipinski definition) is 3. The average molecular weight is 277 g/mol. The topological polar surface area (TPSA) is 59.4 Å². The van der Waals surface area contributed by atoms with Gasteiger partial charge in [0.05, 0.1) is 0 Å². The first-order valence-electron chi connectivity index (χ1n) is 7.56. The van der Waals surface area contributed by atoms with Crippen LogP contribution in [0.3, 0.4) is 0 Å². The molecule has 1 aromatic heterocycles. The molecule has 0 aliphatic heterocycles. The van der Waals surface area contributed by atoms with Gasteiger partial charge in [-0.05, 0) is 43.6 Å². The smallest absolute Gasteiger partial charge is 0.449 e. The zero-order valence-electron chi connectivity index (χ0n) is 12.0. The maximum Gasteiger partial charge on any atom is 0.512 e. The molecule has 1 aliphatic carbocycles. The number of rotatable bonds is 5. The van der Waals surface area contributed by atoms with Crippen molar-refractivity contribution >= 4 is 6.16 Å². The Labute approximate surface area is 120 Å². The van der Waals surface area contributed by atoms with Crippen LogP contribution >= 0.6 is 0 Å². The number of pyridine rings is 1. The summed E-state index contributed by atoms with van der Waals surface area (Å²) in [6.07, 6.45) is 8.86. The zero-order valence-corrected chi connectivity index (χ0v) is 12.0. The lowest BCUT2D eigenvalue weighted by molar-refractivity contribution is 0.141. The molecule has 0 bridgehead atoms. The van der Waals surface area contributed by atoms with Crippen molar-refractivity contribution in [2.45, 2.75) is 57.8 Å². The van der Waals surface area contributed by atoms with Crippen LogP contribution in [-0.4, -0.2) is 16.2 Å². The van der Waals surface area contributed by atoms with Gasteiger partial charge in [-0.15, -0.1) is 0 Å². The molecule has 4 nitrogen and oxygen atoms in total. The molecular weight excluding hydrogens is 254 g/mol. The Kier molecular flexibility index (Phi) is 5.39. The van der Waals surface area contributed by atoms with Crippen LogP contribution in [0, 0.1) is 5.92 Å². The van der Waals surface area contributed by atoms with E-state index in [1.54, 1.807) is 6.20 Å². The van der Waals surface area contributed by atoms with Crippen molar-refractivity contribution in [1.29, 1.82) is 0 Å². The maximum absolute atomic E-state index is 10.7. The molecule has 2 rings (SSSR count). The molecule has 4 heteroatoms. The molecular formula is C16H23NO3. The summed E-state index contributed by atoms with van der Waals surface area (Å²) in [5.41, 5.74) is 0.948. The number of unbranched alkanes of at least 4 members (excludes halogenated alkanes) is 1. The molecule has 0 atom stereocenters. The minimum atomic E-state index is -1.29. The molecule has 1 fully saturated rings. The van der Waals surface area contributed by atoms with E-state index in [1.165, 1.54) is 32.1 Å². The molecule has 1 aliphatic rings. The van der Waals surface area contributed by atoms with Crippen LogP contribution in [0.4, 0.5) is 4.79 Å². The van der Waals surface area contributed by atoms with E-state index in [9.17, 15) is 4.79 Å². The van der Waals surface area contributed by atoms with Crippen LogP contribution in [0.15, 0.2) is 18.3 Å². The van der Waals surface area contributed by atoms with Crippen LogP contribution in [0.5, 0.6) is 5.88 Å². The third-order valence-electron chi connectivity index (χ3n) is 4.24. The standard InChI is InChI=1S/C16H23NO3/c1-2-3-5-12-7-9-13(10-8-12)14-6-4-11-17-15(14)20-16(18)19/h4,6,11-13H,2-3,5,7-10H2,1H3,(H,18,19)/t12-,13-. The van der Waals surface area contributed by atoms with E-state index in [4.69, 9.17) is 9.84 Å². The number of aromatic nitrogens is 1. The van der Waals surface area contributed by atoms with Crippen molar-refractivity contribution in [3.63, 3.8) is 0 Å². The molecule has 0 unspecified atom stereocenters.